The molecule has 0 bridgehead atoms. The number of hydrogen-bond acceptors (Lipinski definition) is 17. The van der Waals surface area contributed by atoms with E-state index in [9.17, 15) is 43.1 Å². The van der Waals surface area contributed by atoms with Crippen molar-refractivity contribution in [3.8, 4) is 0 Å². The number of carboxylic acid groups (broad SMARTS) is 4. The normalized spacial score (nSPS) is 16.7. The molecule has 1 fully saturated rings. The van der Waals surface area contributed by atoms with Gasteiger partial charge in [-0.15, -0.1) is 0 Å². The third kappa shape index (κ3) is 16.3. The Hall–Kier alpha value is -6.46. The van der Waals surface area contributed by atoms with Crippen molar-refractivity contribution in [1.29, 1.82) is 0 Å². The number of nitrogen functional groups attached to an aromatic ring is 1. The molecule has 26 heteroatoms. The van der Waals surface area contributed by atoms with E-state index in [4.69, 9.17) is 42.1 Å². The van der Waals surface area contributed by atoms with Crippen LogP contribution in [0.3, 0.4) is 0 Å². The zero-order chi connectivity index (χ0) is 42.8. The van der Waals surface area contributed by atoms with Gasteiger partial charge in [-0.2, -0.15) is 9.37 Å². The van der Waals surface area contributed by atoms with Crippen LogP contribution in [0.2, 0.25) is 0 Å². The van der Waals surface area contributed by atoms with E-state index < -0.39 is 70.9 Å². The van der Waals surface area contributed by atoms with Crippen LogP contribution in [0.25, 0.3) is 0 Å². The van der Waals surface area contributed by atoms with Crippen molar-refractivity contribution < 1.29 is 74.6 Å². The van der Waals surface area contributed by atoms with Crippen molar-refractivity contribution in [1.82, 2.24) is 25.3 Å². The summed E-state index contributed by atoms with van der Waals surface area (Å²) < 4.78 is 12.0. The fourth-order valence-electron chi connectivity index (χ4n) is 4.98. The van der Waals surface area contributed by atoms with Gasteiger partial charge in [-0.05, 0) is 43.5 Å². The molecule has 2 aliphatic rings. The van der Waals surface area contributed by atoms with Crippen LogP contribution in [0.15, 0.2) is 44.8 Å². The number of fused-ring (bicyclic) bond motifs is 1. The maximum absolute atomic E-state index is 12.3. The SMILES string of the molecule is N[C@@H]1CCCC[C@H]1N.Nc1nc2c(c(=O)[nH]1)N(C=O)C(CNc1ccc(C(=O)N[C@@H](CCC(=O)O)C(=O)O)cc1)CN2.O=C([O-])C(=O)[O-].O=c1[nH]cc(F)c(=O)[nH]1.[Pt+2]. The first kappa shape index (κ1) is 49.6. The molecular weight excluding hydrogens is 960 g/mol. The molecule has 5 rings (SSSR count). The van der Waals surface area contributed by atoms with Gasteiger partial charge in [0.15, 0.2) is 11.5 Å². The number of nitrogens with zero attached hydrogens (tertiary/aromatic N) is 2. The Morgan fingerprint density at radius 3 is 2.03 bits per heavy atom. The van der Waals surface area contributed by atoms with Gasteiger partial charge in [0.25, 0.3) is 17.0 Å². The van der Waals surface area contributed by atoms with Crippen molar-refractivity contribution in [2.45, 2.75) is 62.7 Å². The summed E-state index contributed by atoms with van der Waals surface area (Å²) in [7, 11) is 0. The summed E-state index contributed by atoms with van der Waals surface area (Å²) in [6, 6.07) is 4.93. The number of aromatic nitrogens is 4. The van der Waals surface area contributed by atoms with E-state index in [1.165, 1.54) is 29.9 Å². The predicted octanol–water partition coefficient (Wildman–Crippen LogP) is -4.83. The van der Waals surface area contributed by atoms with Gasteiger partial charge in [-0.25, -0.2) is 9.59 Å². The molecule has 14 N–H and O–H groups in total. The van der Waals surface area contributed by atoms with Gasteiger partial charge in [-0.1, -0.05) is 12.8 Å². The minimum atomic E-state index is -2.19. The van der Waals surface area contributed by atoms with Crippen molar-refractivity contribution in [3.05, 3.63) is 73.0 Å². The summed E-state index contributed by atoms with van der Waals surface area (Å²) in [5.41, 5.74) is 15.4. The Balaban J connectivity index is 0.000000563. The standard InChI is InChI=1S/C20H23N7O7.C6H14N2.C4H3FN2O2.C2H2O4.Pt/c21-20-25-16-15(18(32)26-20)27(9-28)12(8-23-16)7-22-11-3-1-10(2-4-11)17(31)24-13(19(33)34)5-6-14(29)30;7-5-3-1-2-4-6(5)8;5-2-1-6-4(9)7-3(2)8;3-1(4)2(5)6;/h1-4,9,12-13,22H,5-8H2,(H,24,31)(H,29,30)(H,33,34)(H4,21,23,25,26,32);5-6H,1-4,7-8H2;1H,(H2,6,7,8,9);(H,3,4)(H,5,6);/q;;;;+2/p-2/t12?,13-;5-,6-;;;/m01.../s1. The Kier molecular flexibility index (Phi) is 20.7. The first-order chi connectivity index (χ1) is 26.8. The zero-order valence-corrected chi connectivity index (χ0v) is 32.4. The molecule has 1 aromatic carbocycles. The molecule has 3 heterocycles. The third-order valence-electron chi connectivity index (χ3n) is 7.94. The van der Waals surface area contributed by atoms with Crippen molar-refractivity contribution in [2.75, 3.05) is 34.4 Å². The number of aromatic amines is 3. The molecule has 318 valence electrons. The number of carboxylic acids is 4. The molecule has 1 saturated carbocycles. The van der Waals surface area contributed by atoms with Gasteiger partial charge >= 0.3 is 38.7 Å². The fourth-order valence-corrected chi connectivity index (χ4v) is 4.98. The largest absolute Gasteiger partial charge is 2.00 e. The maximum atomic E-state index is 12.3. The maximum Gasteiger partial charge on any atom is 2.00 e. The molecule has 2 aromatic heterocycles. The summed E-state index contributed by atoms with van der Waals surface area (Å²) in [5, 5.41) is 44.1. The summed E-state index contributed by atoms with van der Waals surface area (Å²) >= 11 is 0. The van der Waals surface area contributed by atoms with E-state index >= 15 is 0 Å². The van der Waals surface area contributed by atoms with Gasteiger partial charge in [0.05, 0.1) is 18.0 Å². The average Bonchev–Trinajstić information content (AvgIpc) is 3.15. The molecule has 24 nitrogen and oxygen atoms in total. The van der Waals surface area contributed by atoms with Crippen LogP contribution < -0.4 is 65.1 Å². The van der Waals surface area contributed by atoms with Gasteiger partial charge in [-0.3, -0.25) is 33.9 Å². The molecule has 0 spiro atoms. The minimum Gasteiger partial charge on any atom is -0.543 e. The van der Waals surface area contributed by atoms with E-state index in [0.29, 0.717) is 24.8 Å². The van der Waals surface area contributed by atoms with Crippen molar-refractivity contribution in [2.24, 2.45) is 11.5 Å². The third-order valence-corrected chi connectivity index (χ3v) is 7.94. The molecule has 1 aliphatic carbocycles. The average molecular weight is 1000 g/mol. The van der Waals surface area contributed by atoms with Crippen LogP contribution in [-0.2, 0) is 45.0 Å². The van der Waals surface area contributed by atoms with E-state index in [2.05, 4.69) is 25.9 Å². The van der Waals surface area contributed by atoms with Gasteiger partial charge < -0.3 is 73.1 Å². The quantitative estimate of drug-likeness (QED) is 0.0670. The molecule has 58 heavy (non-hydrogen) atoms. The Labute approximate surface area is 340 Å². The Bertz CT molecular complexity index is 2040. The van der Waals surface area contributed by atoms with Crippen LogP contribution >= 0.6 is 0 Å². The molecule has 1 aliphatic heterocycles. The number of nitrogens with two attached hydrogens (primary N) is 3. The number of halogens is 1. The van der Waals surface area contributed by atoms with Crippen molar-refractivity contribution >= 4 is 59.3 Å². The number of hydrogen-bond donors (Lipinski definition) is 11. The zero-order valence-electron chi connectivity index (χ0n) is 30.1. The van der Waals surface area contributed by atoms with E-state index in [0.717, 1.165) is 12.8 Å². The molecule has 2 amide bonds. The predicted molar refractivity (Wildman–Crippen MR) is 193 cm³/mol. The molecular formula is C32H40FN11O13Pt. The number of carbonyl (C=O) groups is 6. The number of anilines is 4. The first-order valence-electron chi connectivity index (χ1n) is 16.7. The van der Waals surface area contributed by atoms with Crippen LogP contribution in [0.1, 0.15) is 48.9 Å². The first-order valence-corrected chi connectivity index (χ1v) is 16.7. The molecule has 3 aromatic rings. The van der Waals surface area contributed by atoms with E-state index in [1.54, 1.807) is 17.1 Å². The van der Waals surface area contributed by atoms with Gasteiger partial charge in [0.1, 0.15) is 6.04 Å². The fraction of sp³-hybridized carbons (Fsp3) is 0.375. The summed E-state index contributed by atoms with van der Waals surface area (Å²) in [6.07, 6.45) is 5.41. The smallest absolute Gasteiger partial charge is 0.543 e. The van der Waals surface area contributed by atoms with Gasteiger partial charge in [0.2, 0.25) is 18.2 Å². The topological polar surface area (TPSA) is 418 Å². The summed E-state index contributed by atoms with van der Waals surface area (Å²) in [6.45, 7) is 0.568. The van der Waals surface area contributed by atoms with E-state index in [1.807, 2.05) is 4.98 Å². The molecule has 4 atom stereocenters. The number of benzene rings is 1. The summed E-state index contributed by atoms with van der Waals surface area (Å²) in [5.74, 6) is -8.37. The molecule has 1 unspecified atom stereocenters. The monoisotopic (exact) mass is 1000 g/mol. The second kappa shape index (κ2) is 24.2. The van der Waals surface area contributed by atoms with Gasteiger partial charge in [0, 0.05) is 49.0 Å². The number of carbonyl (C=O) groups excluding carboxylic acids is 4. The van der Waals surface area contributed by atoms with Crippen LogP contribution in [-0.4, -0.2) is 104 Å². The van der Waals surface area contributed by atoms with Crippen LogP contribution in [0.5, 0.6) is 0 Å². The number of amides is 2. The minimum absolute atomic E-state index is 0. The van der Waals surface area contributed by atoms with Crippen LogP contribution in [0, 0.1) is 5.82 Å². The number of nitrogens with one attached hydrogen (secondary N) is 6. The Morgan fingerprint density at radius 1 is 0.983 bits per heavy atom. The second-order valence-corrected chi connectivity index (χ2v) is 12.1. The molecule has 0 saturated heterocycles. The number of rotatable bonds is 10. The van der Waals surface area contributed by atoms with Crippen molar-refractivity contribution in [3.63, 3.8) is 0 Å². The van der Waals surface area contributed by atoms with Crippen LogP contribution in [0.4, 0.5) is 27.5 Å². The summed E-state index contributed by atoms with van der Waals surface area (Å²) in [4.78, 5) is 108. The number of aliphatic carboxylic acids is 4. The second-order valence-electron chi connectivity index (χ2n) is 12.1. The van der Waals surface area contributed by atoms with E-state index in [-0.39, 0.29) is 69.1 Å². The number of H-pyrrole nitrogens is 3. The molecule has 0 radical (unpaired) electrons. The Morgan fingerprint density at radius 2 is 1.57 bits per heavy atom.